The minimum atomic E-state index is -0.530. The average molecular weight is 262 g/mol. The van der Waals surface area contributed by atoms with Crippen molar-refractivity contribution in [1.29, 1.82) is 0 Å². The average Bonchev–Trinajstić information content (AvgIpc) is 3.03. The number of aromatic nitrogens is 2. The zero-order chi connectivity index (χ0) is 12.5. The van der Waals surface area contributed by atoms with E-state index in [0.29, 0.717) is 12.1 Å². The number of H-pyrrole nitrogens is 1. The SMILES string of the molecule is O=C1N[C@@H](Cc2cnc[nH]2)C(=O)N1c1ccsc1. The predicted octanol–water partition coefficient (Wildman–Crippen LogP) is 1.14. The molecule has 2 aromatic rings. The van der Waals surface area contributed by atoms with Crippen molar-refractivity contribution in [2.24, 2.45) is 0 Å². The second-order valence-corrected chi connectivity index (χ2v) is 4.72. The van der Waals surface area contributed by atoms with Crippen LogP contribution in [0.1, 0.15) is 5.69 Å². The van der Waals surface area contributed by atoms with Crippen LogP contribution in [0.2, 0.25) is 0 Å². The van der Waals surface area contributed by atoms with Crippen LogP contribution in [0.3, 0.4) is 0 Å². The Bertz CT molecular complexity index is 564. The molecular formula is C11H10N4O2S. The van der Waals surface area contributed by atoms with Gasteiger partial charge in [-0.25, -0.2) is 14.7 Å². The summed E-state index contributed by atoms with van der Waals surface area (Å²) in [4.78, 5) is 31.9. The van der Waals surface area contributed by atoms with Gasteiger partial charge in [0.2, 0.25) is 0 Å². The molecule has 0 radical (unpaired) electrons. The first-order valence-corrected chi connectivity index (χ1v) is 6.34. The van der Waals surface area contributed by atoms with Crippen molar-refractivity contribution in [3.63, 3.8) is 0 Å². The van der Waals surface area contributed by atoms with Gasteiger partial charge in [0.15, 0.2) is 0 Å². The molecule has 18 heavy (non-hydrogen) atoms. The van der Waals surface area contributed by atoms with Crippen molar-refractivity contribution < 1.29 is 9.59 Å². The van der Waals surface area contributed by atoms with Crippen LogP contribution >= 0.6 is 11.3 Å². The highest BCUT2D eigenvalue weighted by molar-refractivity contribution is 7.08. The Morgan fingerprint density at radius 1 is 1.44 bits per heavy atom. The number of rotatable bonds is 3. The van der Waals surface area contributed by atoms with Crippen LogP contribution in [0, 0.1) is 0 Å². The van der Waals surface area contributed by atoms with E-state index in [2.05, 4.69) is 15.3 Å². The molecule has 2 aromatic heterocycles. The maximum absolute atomic E-state index is 12.2. The fraction of sp³-hybridized carbons (Fsp3) is 0.182. The molecule has 0 aromatic carbocycles. The highest BCUT2D eigenvalue weighted by Gasteiger charge is 2.39. The van der Waals surface area contributed by atoms with Crippen LogP contribution in [0.25, 0.3) is 0 Å². The summed E-state index contributed by atoms with van der Waals surface area (Å²) in [5, 5.41) is 6.28. The summed E-state index contributed by atoms with van der Waals surface area (Å²) < 4.78 is 0. The largest absolute Gasteiger partial charge is 0.348 e. The first kappa shape index (κ1) is 11.0. The van der Waals surface area contributed by atoms with Gasteiger partial charge in [-0.05, 0) is 11.4 Å². The molecule has 7 heteroatoms. The second kappa shape index (κ2) is 4.26. The van der Waals surface area contributed by atoms with Gasteiger partial charge < -0.3 is 10.3 Å². The van der Waals surface area contributed by atoms with E-state index in [1.807, 2.05) is 5.38 Å². The third-order valence-electron chi connectivity index (χ3n) is 2.76. The van der Waals surface area contributed by atoms with Crippen LogP contribution in [0.4, 0.5) is 10.5 Å². The number of amides is 3. The second-order valence-electron chi connectivity index (χ2n) is 3.94. The Morgan fingerprint density at radius 3 is 3.00 bits per heavy atom. The maximum atomic E-state index is 12.2. The molecule has 92 valence electrons. The molecule has 1 aliphatic rings. The van der Waals surface area contributed by atoms with Gasteiger partial charge in [0, 0.05) is 23.7 Å². The van der Waals surface area contributed by atoms with E-state index in [-0.39, 0.29) is 11.9 Å². The molecule has 3 amide bonds. The van der Waals surface area contributed by atoms with Crippen LogP contribution in [-0.4, -0.2) is 27.9 Å². The van der Waals surface area contributed by atoms with Crippen molar-refractivity contribution >= 4 is 29.0 Å². The minimum Gasteiger partial charge on any atom is -0.348 e. The lowest BCUT2D eigenvalue weighted by atomic mass is 10.1. The molecule has 0 bridgehead atoms. The van der Waals surface area contributed by atoms with Gasteiger partial charge in [-0.3, -0.25) is 4.79 Å². The smallest absolute Gasteiger partial charge is 0.329 e. The third kappa shape index (κ3) is 1.78. The standard InChI is InChI=1S/C11H10N4O2S/c16-10-9(3-7-4-12-6-13-7)14-11(17)15(10)8-1-2-18-5-8/h1-2,4-6,9H,3H2,(H,12,13)(H,14,17)/t9-/m0/s1. The zero-order valence-electron chi connectivity index (χ0n) is 9.29. The topological polar surface area (TPSA) is 78.1 Å². The van der Waals surface area contributed by atoms with E-state index in [1.165, 1.54) is 16.2 Å². The van der Waals surface area contributed by atoms with Crippen molar-refractivity contribution in [2.45, 2.75) is 12.5 Å². The number of thiophene rings is 1. The van der Waals surface area contributed by atoms with E-state index in [4.69, 9.17) is 0 Å². The number of imidazole rings is 1. The van der Waals surface area contributed by atoms with Crippen molar-refractivity contribution in [1.82, 2.24) is 15.3 Å². The molecule has 0 unspecified atom stereocenters. The van der Waals surface area contributed by atoms with E-state index in [9.17, 15) is 9.59 Å². The van der Waals surface area contributed by atoms with Crippen molar-refractivity contribution in [2.75, 3.05) is 4.90 Å². The van der Waals surface area contributed by atoms with E-state index < -0.39 is 6.04 Å². The molecule has 1 aliphatic heterocycles. The summed E-state index contributed by atoms with van der Waals surface area (Å²) in [6.07, 6.45) is 3.62. The molecule has 0 aliphatic carbocycles. The number of carbonyl (C=O) groups excluding carboxylic acids is 2. The number of nitrogens with zero attached hydrogens (tertiary/aromatic N) is 2. The highest BCUT2D eigenvalue weighted by atomic mass is 32.1. The molecule has 1 saturated heterocycles. The summed E-state index contributed by atoms with van der Waals surface area (Å²) in [6, 6.07) is 0.849. The lowest BCUT2D eigenvalue weighted by Crippen LogP contribution is -2.32. The predicted molar refractivity (Wildman–Crippen MR) is 66.4 cm³/mol. The van der Waals surface area contributed by atoms with Gasteiger partial charge >= 0.3 is 6.03 Å². The molecule has 1 fully saturated rings. The molecule has 2 N–H and O–H groups in total. The quantitative estimate of drug-likeness (QED) is 0.814. The van der Waals surface area contributed by atoms with Gasteiger partial charge in [-0.15, -0.1) is 0 Å². The Hall–Kier alpha value is -2.15. The number of carbonyl (C=O) groups is 2. The number of urea groups is 1. The van der Waals surface area contributed by atoms with Crippen LogP contribution in [0.5, 0.6) is 0 Å². The zero-order valence-corrected chi connectivity index (χ0v) is 10.1. The van der Waals surface area contributed by atoms with Gasteiger partial charge in [0.1, 0.15) is 6.04 Å². The minimum absolute atomic E-state index is 0.229. The number of aromatic amines is 1. The molecular weight excluding hydrogens is 252 g/mol. The van der Waals surface area contributed by atoms with Crippen LogP contribution < -0.4 is 10.2 Å². The lowest BCUT2D eigenvalue weighted by Gasteiger charge is -2.10. The van der Waals surface area contributed by atoms with Gasteiger partial charge in [-0.1, -0.05) is 0 Å². The molecule has 0 saturated carbocycles. The monoisotopic (exact) mass is 262 g/mol. The van der Waals surface area contributed by atoms with Crippen LogP contribution in [0.15, 0.2) is 29.4 Å². The first-order chi connectivity index (χ1) is 8.75. The van der Waals surface area contributed by atoms with E-state index >= 15 is 0 Å². The molecule has 0 spiro atoms. The normalized spacial score (nSPS) is 19.3. The summed E-state index contributed by atoms with van der Waals surface area (Å²) in [5.41, 5.74) is 1.44. The third-order valence-corrected chi connectivity index (χ3v) is 3.43. The summed E-state index contributed by atoms with van der Waals surface area (Å²) >= 11 is 1.45. The van der Waals surface area contributed by atoms with Crippen molar-refractivity contribution in [3.8, 4) is 0 Å². The summed E-state index contributed by atoms with van der Waals surface area (Å²) in [7, 11) is 0. The Balaban J connectivity index is 1.80. The Morgan fingerprint density at radius 2 is 2.33 bits per heavy atom. The van der Waals surface area contributed by atoms with Crippen molar-refractivity contribution in [3.05, 3.63) is 35.0 Å². The fourth-order valence-corrected chi connectivity index (χ4v) is 2.53. The highest BCUT2D eigenvalue weighted by Crippen LogP contribution is 2.23. The Labute approximate surface area is 107 Å². The Kier molecular flexibility index (Phi) is 2.60. The number of anilines is 1. The number of nitrogens with one attached hydrogen (secondary N) is 2. The van der Waals surface area contributed by atoms with E-state index in [0.717, 1.165) is 5.69 Å². The van der Waals surface area contributed by atoms with Gasteiger partial charge in [0.05, 0.1) is 12.0 Å². The van der Waals surface area contributed by atoms with Crippen LogP contribution in [-0.2, 0) is 11.2 Å². The molecule has 1 atom stereocenters. The van der Waals surface area contributed by atoms with Gasteiger partial charge in [0.25, 0.3) is 5.91 Å². The number of hydrogen-bond donors (Lipinski definition) is 2. The maximum Gasteiger partial charge on any atom is 0.329 e. The lowest BCUT2D eigenvalue weighted by molar-refractivity contribution is -0.118. The first-order valence-electron chi connectivity index (χ1n) is 5.39. The van der Waals surface area contributed by atoms with Gasteiger partial charge in [-0.2, -0.15) is 11.3 Å². The molecule has 3 heterocycles. The fourth-order valence-electron chi connectivity index (χ4n) is 1.91. The summed E-state index contributed by atoms with van der Waals surface area (Å²) in [6.45, 7) is 0. The number of hydrogen-bond acceptors (Lipinski definition) is 4. The summed E-state index contributed by atoms with van der Waals surface area (Å²) in [5.74, 6) is -0.229. The molecule has 6 nitrogen and oxygen atoms in total. The molecule has 3 rings (SSSR count). The van der Waals surface area contributed by atoms with E-state index in [1.54, 1.807) is 24.0 Å². The number of imide groups is 1.